The van der Waals surface area contributed by atoms with E-state index in [2.05, 4.69) is 44.0 Å². The summed E-state index contributed by atoms with van der Waals surface area (Å²) in [5, 5.41) is 2.86. The first-order chi connectivity index (χ1) is 14.3. The Balaban J connectivity index is 1.97. The highest BCUT2D eigenvalue weighted by Crippen LogP contribution is 2.57. The van der Waals surface area contributed by atoms with Crippen molar-refractivity contribution in [2.45, 2.75) is 56.9 Å². The number of aromatic nitrogens is 1. The molecule has 0 unspecified atom stereocenters. The molecule has 0 amide bonds. The van der Waals surface area contributed by atoms with Crippen molar-refractivity contribution < 1.29 is 4.21 Å². The molecule has 2 heterocycles. The molecule has 0 N–H and O–H groups in total. The van der Waals surface area contributed by atoms with Gasteiger partial charge in [-0.25, -0.2) is 4.98 Å². The van der Waals surface area contributed by atoms with Gasteiger partial charge in [0.25, 0.3) is 0 Å². The molecule has 2 aromatic rings. The normalized spacial score (nSPS) is 23.9. The summed E-state index contributed by atoms with van der Waals surface area (Å²) in [7, 11) is -0.932. The summed E-state index contributed by atoms with van der Waals surface area (Å²) in [4.78, 5) is 9.53. The summed E-state index contributed by atoms with van der Waals surface area (Å²) >= 11 is 6.30. The summed E-state index contributed by atoms with van der Waals surface area (Å²) in [5.41, 5.74) is 3.10. The van der Waals surface area contributed by atoms with Crippen LogP contribution in [0.3, 0.4) is 0 Å². The third-order valence-electron chi connectivity index (χ3n) is 6.99. The van der Waals surface area contributed by atoms with E-state index in [-0.39, 0.29) is 5.41 Å². The van der Waals surface area contributed by atoms with Gasteiger partial charge >= 0.3 is 0 Å². The number of rotatable bonds is 5. The van der Waals surface area contributed by atoms with Crippen molar-refractivity contribution in [3.8, 4) is 0 Å². The maximum absolute atomic E-state index is 12.2. The number of allylic oxidation sites excluding steroid dienone is 3. The predicted molar refractivity (Wildman–Crippen MR) is 129 cm³/mol. The molecule has 1 saturated carbocycles. The van der Waals surface area contributed by atoms with E-state index in [1.54, 1.807) is 6.26 Å². The number of halogens is 1. The molecule has 2 atom stereocenters. The van der Waals surface area contributed by atoms with Crippen molar-refractivity contribution in [1.82, 2.24) is 4.98 Å². The van der Waals surface area contributed by atoms with E-state index in [4.69, 9.17) is 16.6 Å². The van der Waals surface area contributed by atoms with Gasteiger partial charge in [0.2, 0.25) is 0 Å². The smallest absolute Gasteiger partial charge is 0.129 e. The van der Waals surface area contributed by atoms with E-state index >= 15 is 0 Å². The van der Waals surface area contributed by atoms with Crippen LogP contribution in [0.4, 0.5) is 0 Å². The molecule has 5 heteroatoms. The predicted octanol–water partition coefficient (Wildman–Crippen LogP) is 6.14. The second-order valence-corrected chi connectivity index (χ2v) is 10.8. The molecule has 0 radical (unpaired) electrons. The maximum atomic E-state index is 12.2. The summed E-state index contributed by atoms with van der Waals surface area (Å²) in [6.45, 7) is 6.64. The molecule has 1 aromatic carbocycles. The Morgan fingerprint density at radius 3 is 2.60 bits per heavy atom. The number of hydrogen-bond donors (Lipinski definition) is 0. The SMILES string of the molecule is CC(C)c1ccc(C2([C@@]3(C)N=CC=CC=C3C[S@](C)=O)CCC2)c2cnc(Cl)cc12. The van der Waals surface area contributed by atoms with E-state index in [1.165, 1.54) is 16.5 Å². The van der Waals surface area contributed by atoms with Crippen LogP contribution in [0.15, 0.2) is 53.2 Å². The molecule has 0 spiro atoms. The Bertz CT molecular complexity index is 1100. The molecule has 3 nitrogen and oxygen atoms in total. The largest absolute Gasteiger partial charge is 0.281 e. The molecular formula is C25H29ClN2OS. The Labute approximate surface area is 186 Å². The van der Waals surface area contributed by atoms with Crippen LogP contribution in [0.25, 0.3) is 10.8 Å². The van der Waals surface area contributed by atoms with Crippen LogP contribution in [-0.4, -0.2) is 33.0 Å². The van der Waals surface area contributed by atoms with Crippen molar-refractivity contribution in [2.24, 2.45) is 4.99 Å². The number of nitrogens with zero attached hydrogens (tertiary/aromatic N) is 2. The van der Waals surface area contributed by atoms with Crippen LogP contribution in [0.1, 0.15) is 57.1 Å². The number of pyridine rings is 1. The Morgan fingerprint density at radius 2 is 1.97 bits per heavy atom. The van der Waals surface area contributed by atoms with E-state index < -0.39 is 16.3 Å². The average Bonchev–Trinajstić information content (AvgIpc) is 2.82. The fourth-order valence-electron chi connectivity index (χ4n) is 5.20. The van der Waals surface area contributed by atoms with Gasteiger partial charge < -0.3 is 0 Å². The van der Waals surface area contributed by atoms with E-state index in [9.17, 15) is 4.21 Å². The molecule has 0 saturated heterocycles. The molecular weight excluding hydrogens is 412 g/mol. The van der Waals surface area contributed by atoms with Gasteiger partial charge in [0, 0.05) is 46.0 Å². The van der Waals surface area contributed by atoms with Crippen molar-refractivity contribution in [1.29, 1.82) is 0 Å². The second-order valence-electron chi connectivity index (χ2n) is 8.99. The van der Waals surface area contributed by atoms with Gasteiger partial charge in [-0.1, -0.05) is 56.2 Å². The molecule has 0 bridgehead atoms. The lowest BCUT2D eigenvalue weighted by Crippen LogP contribution is -2.55. The number of fused-ring (bicyclic) bond motifs is 1. The molecule has 30 heavy (non-hydrogen) atoms. The second kappa shape index (κ2) is 8.05. The van der Waals surface area contributed by atoms with Gasteiger partial charge in [0.15, 0.2) is 0 Å². The zero-order valence-electron chi connectivity index (χ0n) is 18.1. The minimum Gasteiger partial charge on any atom is -0.281 e. The molecule has 1 aliphatic carbocycles. The molecule has 1 aromatic heterocycles. The summed E-state index contributed by atoms with van der Waals surface area (Å²) < 4.78 is 12.2. The average molecular weight is 441 g/mol. The van der Waals surface area contributed by atoms with Crippen molar-refractivity contribution in [3.63, 3.8) is 0 Å². The Hall–Kier alpha value is -1.78. The van der Waals surface area contributed by atoms with Crippen LogP contribution in [0.5, 0.6) is 0 Å². The van der Waals surface area contributed by atoms with Gasteiger partial charge in [0.1, 0.15) is 5.15 Å². The summed E-state index contributed by atoms with van der Waals surface area (Å²) in [6, 6.07) is 6.54. The minimum absolute atomic E-state index is 0.149. The van der Waals surface area contributed by atoms with E-state index in [1.807, 2.05) is 30.6 Å². The first kappa shape index (κ1) is 21.5. The minimum atomic E-state index is -0.932. The van der Waals surface area contributed by atoms with Gasteiger partial charge in [-0.15, -0.1) is 0 Å². The number of benzene rings is 1. The molecule has 4 rings (SSSR count). The fraction of sp³-hybridized carbons (Fsp3) is 0.440. The van der Waals surface area contributed by atoms with Gasteiger partial charge in [0.05, 0.1) is 5.54 Å². The van der Waals surface area contributed by atoms with Gasteiger partial charge in [-0.2, -0.15) is 0 Å². The van der Waals surface area contributed by atoms with Crippen molar-refractivity contribution >= 4 is 39.4 Å². The Morgan fingerprint density at radius 1 is 1.20 bits per heavy atom. The third kappa shape index (κ3) is 3.38. The lowest BCUT2D eigenvalue weighted by molar-refractivity contribution is 0.154. The highest BCUT2D eigenvalue weighted by atomic mass is 35.5. The highest BCUT2D eigenvalue weighted by Gasteiger charge is 2.55. The zero-order valence-corrected chi connectivity index (χ0v) is 19.7. The standard InChI is InChI=1S/C25H29ClN2OS/c1-17(2)19-9-10-22(21-15-27-23(26)14-20(19)21)25(11-7-12-25)24(3)18(16-30(4)29)8-5-6-13-28-24/h5-6,8-10,13-15,17H,7,11-12,16H2,1-4H3/t24-,30-/m0/s1. The maximum Gasteiger partial charge on any atom is 0.129 e. The van der Waals surface area contributed by atoms with E-state index in [0.717, 1.165) is 30.2 Å². The summed E-state index contributed by atoms with van der Waals surface area (Å²) in [6.07, 6.45) is 15.0. The molecule has 158 valence electrons. The zero-order chi connectivity index (χ0) is 21.5. The van der Waals surface area contributed by atoms with Crippen LogP contribution in [0.2, 0.25) is 5.15 Å². The van der Waals surface area contributed by atoms with Crippen molar-refractivity contribution in [3.05, 3.63) is 64.5 Å². The topological polar surface area (TPSA) is 42.3 Å². The number of hydrogen-bond acceptors (Lipinski definition) is 3. The lowest BCUT2D eigenvalue weighted by atomic mass is 9.52. The lowest BCUT2D eigenvalue weighted by Gasteiger charge is -2.54. The van der Waals surface area contributed by atoms with Crippen LogP contribution in [-0.2, 0) is 16.2 Å². The molecule has 2 aliphatic rings. The highest BCUT2D eigenvalue weighted by molar-refractivity contribution is 7.84. The first-order valence-electron chi connectivity index (χ1n) is 10.6. The number of aliphatic imine (C=N–C) groups is 1. The first-order valence-corrected chi connectivity index (χ1v) is 12.7. The van der Waals surface area contributed by atoms with E-state index in [0.29, 0.717) is 16.8 Å². The quantitative estimate of drug-likeness (QED) is 0.524. The van der Waals surface area contributed by atoms with Crippen molar-refractivity contribution in [2.75, 3.05) is 12.0 Å². The Kier molecular flexibility index (Phi) is 5.75. The van der Waals surface area contributed by atoms with Gasteiger partial charge in [-0.05, 0) is 59.9 Å². The van der Waals surface area contributed by atoms with Crippen LogP contribution >= 0.6 is 11.6 Å². The fourth-order valence-corrected chi connectivity index (χ4v) is 6.18. The summed E-state index contributed by atoms with van der Waals surface area (Å²) in [5.74, 6) is 0.928. The van der Waals surface area contributed by atoms with Crippen LogP contribution in [0, 0.1) is 0 Å². The van der Waals surface area contributed by atoms with Crippen LogP contribution < -0.4 is 0 Å². The molecule has 1 aliphatic heterocycles. The third-order valence-corrected chi connectivity index (χ3v) is 7.91. The molecule has 1 fully saturated rings. The van der Waals surface area contributed by atoms with Gasteiger partial charge in [-0.3, -0.25) is 9.20 Å². The monoisotopic (exact) mass is 440 g/mol.